The molecule has 1 aromatic heterocycles. The lowest BCUT2D eigenvalue weighted by Gasteiger charge is -2.03. The van der Waals surface area contributed by atoms with Gasteiger partial charge in [-0.05, 0) is 31.5 Å². The minimum atomic E-state index is 0.522. The van der Waals surface area contributed by atoms with E-state index >= 15 is 0 Å². The van der Waals surface area contributed by atoms with E-state index in [9.17, 15) is 0 Å². The van der Waals surface area contributed by atoms with Crippen LogP contribution in [-0.2, 0) is 0 Å². The molecule has 0 aliphatic heterocycles. The summed E-state index contributed by atoms with van der Waals surface area (Å²) in [5.74, 6) is 1.77. The molecule has 0 saturated carbocycles. The number of fused-ring (bicyclic) bond motifs is 1. The Hall–Kier alpha value is -1.48. The summed E-state index contributed by atoms with van der Waals surface area (Å²) in [7, 11) is 0. The van der Waals surface area contributed by atoms with E-state index in [2.05, 4.69) is 6.92 Å². The standard InChI is InChI=1S/C12H15NO2/c1-8-9(2)15-12-7-10(14-6-5-13)3-4-11(8)12/h3-4,7H,5-6,13H2,1-2H3. The molecule has 0 aliphatic carbocycles. The number of benzene rings is 1. The van der Waals surface area contributed by atoms with Crippen LogP contribution >= 0.6 is 0 Å². The second-order valence-electron chi connectivity index (χ2n) is 3.58. The lowest BCUT2D eigenvalue weighted by molar-refractivity contribution is 0.328. The van der Waals surface area contributed by atoms with Gasteiger partial charge in [0.15, 0.2) is 0 Å². The molecule has 3 heteroatoms. The highest BCUT2D eigenvalue weighted by molar-refractivity contribution is 5.83. The van der Waals surface area contributed by atoms with Gasteiger partial charge in [0.05, 0.1) is 0 Å². The average Bonchev–Trinajstić information content (AvgIpc) is 2.52. The van der Waals surface area contributed by atoms with Gasteiger partial charge in [-0.2, -0.15) is 0 Å². The molecule has 15 heavy (non-hydrogen) atoms. The summed E-state index contributed by atoms with van der Waals surface area (Å²) in [5.41, 5.74) is 7.43. The third-order valence-corrected chi connectivity index (χ3v) is 2.53. The Kier molecular flexibility index (Phi) is 2.64. The fourth-order valence-electron chi connectivity index (χ4n) is 1.59. The van der Waals surface area contributed by atoms with Crippen molar-refractivity contribution in [2.45, 2.75) is 13.8 Å². The summed E-state index contributed by atoms with van der Waals surface area (Å²) in [6.45, 7) is 5.08. The van der Waals surface area contributed by atoms with E-state index < -0.39 is 0 Å². The Bertz CT molecular complexity index is 474. The van der Waals surface area contributed by atoms with Crippen molar-refractivity contribution in [3.63, 3.8) is 0 Å². The first kappa shape index (κ1) is 10.1. The van der Waals surface area contributed by atoms with Crippen LogP contribution in [0.3, 0.4) is 0 Å². The maximum absolute atomic E-state index is 5.61. The maximum atomic E-state index is 5.61. The Labute approximate surface area is 88.8 Å². The molecule has 0 spiro atoms. The molecule has 3 nitrogen and oxygen atoms in total. The third kappa shape index (κ3) is 1.83. The van der Waals surface area contributed by atoms with E-state index in [4.69, 9.17) is 14.9 Å². The largest absolute Gasteiger partial charge is 0.492 e. The van der Waals surface area contributed by atoms with Crippen molar-refractivity contribution >= 4 is 11.0 Å². The minimum Gasteiger partial charge on any atom is -0.492 e. The van der Waals surface area contributed by atoms with Crippen molar-refractivity contribution in [1.29, 1.82) is 0 Å². The molecule has 0 aliphatic rings. The van der Waals surface area contributed by atoms with Gasteiger partial charge in [-0.15, -0.1) is 0 Å². The molecule has 0 bridgehead atoms. The van der Waals surface area contributed by atoms with Gasteiger partial charge in [0.1, 0.15) is 23.7 Å². The van der Waals surface area contributed by atoms with Gasteiger partial charge in [-0.1, -0.05) is 0 Å². The second kappa shape index (κ2) is 3.95. The number of nitrogens with two attached hydrogens (primary N) is 1. The molecule has 0 atom stereocenters. The summed E-state index contributed by atoms with van der Waals surface area (Å²) in [5, 5.41) is 1.15. The van der Waals surface area contributed by atoms with Crippen LogP contribution in [0, 0.1) is 13.8 Å². The first-order valence-corrected chi connectivity index (χ1v) is 5.05. The van der Waals surface area contributed by atoms with E-state index in [1.165, 1.54) is 5.56 Å². The van der Waals surface area contributed by atoms with E-state index in [1.807, 2.05) is 25.1 Å². The molecule has 1 aromatic carbocycles. The van der Waals surface area contributed by atoms with Crippen LogP contribution in [-0.4, -0.2) is 13.2 Å². The number of hydrogen-bond acceptors (Lipinski definition) is 3. The molecular weight excluding hydrogens is 190 g/mol. The van der Waals surface area contributed by atoms with Gasteiger partial charge in [0, 0.05) is 18.0 Å². The number of rotatable bonds is 3. The number of furan rings is 1. The predicted octanol–water partition coefficient (Wildman–Crippen LogP) is 2.39. The summed E-state index contributed by atoms with van der Waals surface area (Å²) >= 11 is 0. The fraction of sp³-hybridized carbons (Fsp3) is 0.333. The molecule has 2 aromatic rings. The highest BCUT2D eigenvalue weighted by Crippen LogP contribution is 2.27. The number of hydrogen-bond donors (Lipinski definition) is 1. The normalized spacial score (nSPS) is 10.9. The van der Waals surface area contributed by atoms with Crippen molar-refractivity contribution in [2.75, 3.05) is 13.2 Å². The van der Waals surface area contributed by atoms with Crippen molar-refractivity contribution in [3.8, 4) is 5.75 Å². The Morgan fingerprint density at radius 3 is 2.87 bits per heavy atom. The van der Waals surface area contributed by atoms with Crippen molar-refractivity contribution in [3.05, 3.63) is 29.5 Å². The van der Waals surface area contributed by atoms with Crippen molar-refractivity contribution in [1.82, 2.24) is 0 Å². The topological polar surface area (TPSA) is 48.4 Å². The molecule has 2 N–H and O–H groups in total. The van der Waals surface area contributed by atoms with E-state index in [0.29, 0.717) is 13.2 Å². The fourth-order valence-corrected chi connectivity index (χ4v) is 1.59. The molecule has 0 saturated heterocycles. The first-order chi connectivity index (χ1) is 7.22. The monoisotopic (exact) mass is 205 g/mol. The smallest absolute Gasteiger partial charge is 0.138 e. The predicted molar refractivity (Wildman–Crippen MR) is 60.2 cm³/mol. The lowest BCUT2D eigenvalue weighted by atomic mass is 10.1. The quantitative estimate of drug-likeness (QED) is 0.836. The van der Waals surface area contributed by atoms with Crippen LogP contribution in [0.5, 0.6) is 5.75 Å². The number of aryl methyl sites for hydroxylation is 2. The molecular formula is C12H15NO2. The van der Waals surface area contributed by atoms with Crippen LogP contribution in [0.25, 0.3) is 11.0 Å². The average molecular weight is 205 g/mol. The van der Waals surface area contributed by atoms with Gasteiger partial charge < -0.3 is 14.9 Å². The van der Waals surface area contributed by atoms with Gasteiger partial charge >= 0.3 is 0 Å². The summed E-state index contributed by atoms with van der Waals surface area (Å²) in [6, 6.07) is 5.87. The van der Waals surface area contributed by atoms with Crippen LogP contribution in [0.1, 0.15) is 11.3 Å². The second-order valence-corrected chi connectivity index (χ2v) is 3.58. The zero-order chi connectivity index (χ0) is 10.8. The van der Waals surface area contributed by atoms with Crippen LogP contribution < -0.4 is 10.5 Å². The van der Waals surface area contributed by atoms with E-state index in [0.717, 1.165) is 22.5 Å². The van der Waals surface area contributed by atoms with Gasteiger partial charge in [-0.25, -0.2) is 0 Å². The molecule has 80 valence electrons. The van der Waals surface area contributed by atoms with Crippen molar-refractivity contribution < 1.29 is 9.15 Å². The zero-order valence-electron chi connectivity index (χ0n) is 9.04. The zero-order valence-corrected chi connectivity index (χ0v) is 9.04. The van der Waals surface area contributed by atoms with Gasteiger partial charge in [0.2, 0.25) is 0 Å². The highest BCUT2D eigenvalue weighted by atomic mass is 16.5. The third-order valence-electron chi connectivity index (χ3n) is 2.53. The first-order valence-electron chi connectivity index (χ1n) is 5.05. The van der Waals surface area contributed by atoms with Gasteiger partial charge in [-0.3, -0.25) is 0 Å². The SMILES string of the molecule is Cc1oc2cc(OCCN)ccc2c1C. The summed E-state index contributed by atoms with van der Waals surface area (Å²) < 4.78 is 11.0. The lowest BCUT2D eigenvalue weighted by Crippen LogP contribution is -2.10. The number of ether oxygens (including phenoxy) is 1. The molecule has 0 fully saturated rings. The van der Waals surface area contributed by atoms with Crippen LogP contribution in [0.15, 0.2) is 22.6 Å². The molecule has 0 radical (unpaired) electrons. The molecule has 0 amide bonds. The Morgan fingerprint density at radius 1 is 1.33 bits per heavy atom. The molecule has 1 heterocycles. The van der Waals surface area contributed by atoms with E-state index in [1.54, 1.807) is 0 Å². The summed E-state index contributed by atoms with van der Waals surface area (Å²) in [6.07, 6.45) is 0. The van der Waals surface area contributed by atoms with Gasteiger partial charge in [0.25, 0.3) is 0 Å². The van der Waals surface area contributed by atoms with Crippen LogP contribution in [0.2, 0.25) is 0 Å². The molecule has 2 rings (SSSR count). The molecule has 0 unspecified atom stereocenters. The Balaban J connectivity index is 2.39. The Morgan fingerprint density at radius 2 is 2.13 bits per heavy atom. The maximum Gasteiger partial charge on any atom is 0.138 e. The highest BCUT2D eigenvalue weighted by Gasteiger charge is 2.07. The van der Waals surface area contributed by atoms with Crippen LogP contribution in [0.4, 0.5) is 0 Å². The van der Waals surface area contributed by atoms with Crippen molar-refractivity contribution in [2.24, 2.45) is 5.73 Å². The van der Waals surface area contributed by atoms with E-state index in [-0.39, 0.29) is 0 Å². The summed E-state index contributed by atoms with van der Waals surface area (Å²) in [4.78, 5) is 0. The minimum absolute atomic E-state index is 0.522.